The van der Waals surface area contributed by atoms with Crippen LogP contribution < -0.4 is 10.6 Å². The van der Waals surface area contributed by atoms with Gasteiger partial charge in [-0.15, -0.1) is 0 Å². The summed E-state index contributed by atoms with van der Waals surface area (Å²) in [4.78, 5) is 16.2. The molecule has 0 saturated heterocycles. The quantitative estimate of drug-likeness (QED) is 0.834. The predicted molar refractivity (Wildman–Crippen MR) is 86.6 cm³/mol. The molecule has 22 heavy (non-hydrogen) atoms. The summed E-state index contributed by atoms with van der Waals surface area (Å²) in [6.07, 6.45) is 3.17. The van der Waals surface area contributed by atoms with E-state index in [-0.39, 0.29) is 17.6 Å². The van der Waals surface area contributed by atoms with Gasteiger partial charge in [-0.25, -0.2) is 9.37 Å². The molecule has 2 N–H and O–H groups in total. The third kappa shape index (κ3) is 4.04. The number of benzene rings is 1. The lowest BCUT2D eigenvalue weighted by molar-refractivity contribution is -0.120. The summed E-state index contributed by atoms with van der Waals surface area (Å²) in [5.74, 6) is 0.148. The molecule has 0 bridgehead atoms. The van der Waals surface area contributed by atoms with Crippen molar-refractivity contribution >= 4 is 23.1 Å². The first-order valence-electron chi connectivity index (χ1n) is 7.42. The number of nitrogens with one attached hydrogen (secondary N) is 2. The second-order valence-corrected chi connectivity index (χ2v) is 5.04. The van der Waals surface area contributed by atoms with Gasteiger partial charge in [0.25, 0.3) is 0 Å². The molecule has 116 valence electrons. The lowest BCUT2D eigenvalue weighted by Crippen LogP contribution is -2.22. The van der Waals surface area contributed by atoms with E-state index in [4.69, 9.17) is 0 Å². The van der Waals surface area contributed by atoms with Gasteiger partial charge in [0.1, 0.15) is 11.6 Å². The highest BCUT2D eigenvalue weighted by Crippen LogP contribution is 2.20. The second-order valence-electron chi connectivity index (χ2n) is 5.04. The Balaban J connectivity index is 2.02. The molecule has 1 aromatic carbocycles. The molecule has 0 radical (unpaired) electrons. The molecule has 1 heterocycles. The first-order valence-corrected chi connectivity index (χ1v) is 7.42. The molecule has 0 fully saturated rings. The Morgan fingerprint density at radius 2 is 1.91 bits per heavy atom. The van der Waals surface area contributed by atoms with Crippen LogP contribution in [0.2, 0.25) is 0 Å². The van der Waals surface area contributed by atoms with Gasteiger partial charge < -0.3 is 10.6 Å². The van der Waals surface area contributed by atoms with E-state index >= 15 is 0 Å². The SMILES string of the molecule is CCC(CC)C(=O)Nc1ccc(Nc2ccccc2F)cn1. The van der Waals surface area contributed by atoms with Crippen molar-refractivity contribution in [3.05, 3.63) is 48.4 Å². The van der Waals surface area contributed by atoms with E-state index in [1.165, 1.54) is 6.07 Å². The predicted octanol–water partition coefficient (Wildman–Crippen LogP) is 4.34. The number of hydrogen-bond donors (Lipinski definition) is 2. The van der Waals surface area contributed by atoms with Crippen molar-refractivity contribution < 1.29 is 9.18 Å². The normalized spacial score (nSPS) is 10.5. The van der Waals surface area contributed by atoms with Crippen LogP contribution in [-0.4, -0.2) is 10.9 Å². The molecular weight excluding hydrogens is 281 g/mol. The molecule has 4 nitrogen and oxygen atoms in total. The Hall–Kier alpha value is -2.43. The van der Waals surface area contributed by atoms with Crippen LogP contribution in [0.1, 0.15) is 26.7 Å². The lowest BCUT2D eigenvalue weighted by atomic mass is 10.0. The first kappa shape index (κ1) is 15.9. The van der Waals surface area contributed by atoms with Crippen LogP contribution in [0.5, 0.6) is 0 Å². The van der Waals surface area contributed by atoms with E-state index in [2.05, 4.69) is 15.6 Å². The Kier molecular flexibility index (Phi) is 5.47. The van der Waals surface area contributed by atoms with E-state index in [0.717, 1.165) is 12.8 Å². The summed E-state index contributed by atoms with van der Waals surface area (Å²) in [6, 6.07) is 9.88. The number of anilines is 3. The van der Waals surface area contributed by atoms with Crippen molar-refractivity contribution in [1.82, 2.24) is 4.98 Å². The average Bonchev–Trinajstić information content (AvgIpc) is 2.52. The molecule has 0 saturated carbocycles. The maximum atomic E-state index is 13.6. The smallest absolute Gasteiger partial charge is 0.228 e. The van der Waals surface area contributed by atoms with Gasteiger partial charge >= 0.3 is 0 Å². The number of nitrogens with zero attached hydrogens (tertiary/aromatic N) is 1. The maximum Gasteiger partial charge on any atom is 0.228 e. The van der Waals surface area contributed by atoms with Gasteiger partial charge in [0.15, 0.2) is 0 Å². The van der Waals surface area contributed by atoms with Crippen molar-refractivity contribution in [1.29, 1.82) is 0 Å². The zero-order valence-corrected chi connectivity index (χ0v) is 12.8. The van der Waals surface area contributed by atoms with Gasteiger partial charge in [-0.3, -0.25) is 4.79 Å². The molecule has 2 rings (SSSR count). The Labute approximate surface area is 129 Å². The highest BCUT2D eigenvalue weighted by Gasteiger charge is 2.14. The van der Waals surface area contributed by atoms with E-state index in [9.17, 15) is 9.18 Å². The Morgan fingerprint density at radius 3 is 2.50 bits per heavy atom. The van der Waals surface area contributed by atoms with Crippen LogP contribution in [0.3, 0.4) is 0 Å². The number of carbonyl (C=O) groups excluding carboxylic acids is 1. The number of rotatable bonds is 6. The molecule has 2 aromatic rings. The number of amides is 1. The van der Waals surface area contributed by atoms with Crippen LogP contribution in [0.15, 0.2) is 42.6 Å². The largest absolute Gasteiger partial charge is 0.352 e. The number of para-hydroxylation sites is 1. The van der Waals surface area contributed by atoms with Gasteiger partial charge in [-0.05, 0) is 37.1 Å². The highest BCUT2D eigenvalue weighted by molar-refractivity contribution is 5.91. The monoisotopic (exact) mass is 301 g/mol. The van der Waals surface area contributed by atoms with Crippen LogP contribution in [0.4, 0.5) is 21.6 Å². The molecule has 0 aliphatic heterocycles. The topological polar surface area (TPSA) is 54.0 Å². The van der Waals surface area contributed by atoms with Crippen LogP contribution in [-0.2, 0) is 4.79 Å². The third-order valence-corrected chi connectivity index (χ3v) is 3.52. The molecule has 5 heteroatoms. The Bertz CT molecular complexity index is 624. The minimum Gasteiger partial charge on any atom is -0.352 e. The summed E-state index contributed by atoms with van der Waals surface area (Å²) in [6.45, 7) is 3.98. The number of halogens is 1. The van der Waals surface area contributed by atoms with Gasteiger partial charge in [0.05, 0.1) is 17.6 Å². The first-order chi connectivity index (χ1) is 10.6. The minimum absolute atomic E-state index is 0.00184. The molecule has 0 atom stereocenters. The number of hydrogen-bond acceptors (Lipinski definition) is 3. The van der Waals surface area contributed by atoms with Crippen molar-refractivity contribution in [3.8, 4) is 0 Å². The number of pyridine rings is 1. The van der Waals surface area contributed by atoms with Crippen LogP contribution >= 0.6 is 0 Å². The van der Waals surface area contributed by atoms with E-state index in [1.807, 2.05) is 13.8 Å². The van der Waals surface area contributed by atoms with E-state index < -0.39 is 0 Å². The third-order valence-electron chi connectivity index (χ3n) is 3.52. The molecule has 0 aliphatic rings. The number of carbonyl (C=O) groups is 1. The zero-order valence-electron chi connectivity index (χ0n) is 12.8. The van der Waals surface area contributed by atoms with E-state index in [1.54, 1.807) is 36.5 Å². The molecule has 1 aromatic heterocycles. The van der Waals surface area contributed by atoms with Crippen molar-refractivity contribution in [2.75, 3.05) is 10.6 Å². The molecular formula is C17H20FN3O. The fourth-order valence-electron chi connectivity index (χ4n) is 2.15. The summed E-state index contributed by atoms with van der Waals surface area (Å²) in [5.41, 5.74) is 1.05. The van der Waals surface area contributed by atoms with Crippen LogP contribution in [0.25, 0.3) is 0 Å². The summed E-state index contributed by atoms with van der Waals surface area (Å²) in [7, 11) is 0. The highest BCUT2D eigenvalue weighted by atomic mass is 19.1. The van der Waals surface area contributed by atoms with Gasteiger partial charge in [0.2, 0.25) is 5.91 Å². The summed E-state index contributed by atoms with van der Waals surface area (Å²) < 4.78 is 13.6. The summed E-state index contributed by atoms with van der Waals surface area (Å²) >= 11 is 0. The second kappa shape index (κ2) is 7.54. The lowest BCUT2D eigenvalue weighted by Gasteiger charge is -2.12. The maximum absolute atomic E-state index is 13.6. The van der Waals surface area contributed by atoms with Crippen molar-refractivity contribution in [3.63, 3.8) is 0 Å². The molecule has 1 amide bonds. The standard InChI is InChI=1S/C17H20FN3O/c1-3-12(4-2)17(22)21-16-10-9-13(11-19-16)20-15-8-6-5-7-14(15)18/h5-12,20H,3-4H2,1-2H3,(H,19,21,22). The molecule has 0 unspecified atom stereocenters. The van der Waals surface area contributed by atoms with Gasteiger partial charge in [-0.2, -0.15) is 0 Å². The minimum atomic E-state index is -0.325. The van der Waals surface area contributed by atoms with Crippen molar-refractivity contribution in [2.45, 2.75) is 26.7 Å². The fraction of sp³-hybridized carbons (Fsp3) is 0.294. The van der Waals surface area contributed by atoms with E-state index in [0.29, 0.717) is 17.2 Å². The number of aromatic nitrogens is 1. The van der Waals surface area contributed by atoms with Gasteiger partial charge in [-0.1, -0.05) is 26.0 Å². The van der Waals surface area contributed by atoms with Crippen LogP contribution in [0, 0.1) is 11.7 Å². The Morgan fingerprint density at radius 1 is 1.18 bits per heavy atom. The van der Waals surface area contributed by atoms with Crippen molar-refractivity contribution in [2.24, 2.45) is 5.92 Å². The summed E-state index contributed by atoms with van der Waals surface area (Å²) in [5, 5.41) is 5.74. The molecule has 0 spiro atoms. The zero-order chi connectivity index (χ0) is 15.9. The average molecular weight is 301 g/mol. The fourth-order valence-corrected chi connectivity index (χ4v) is 2.15. The van der Waals surface area contributed by atoms with Gasteiger partial charge in [0, 0.05) is 5.92 Å². The molecule has 0 aliphatic carbocycles.